The van der Waals surface area contributed by atoms with Crippen LogP contribution in [-0.4, -0.2) is 16.1 Å². The minimum atomic E-state index is -0.949. The Morgan fingerprint density at radius 1 is 1.38 bits per heavy atom. The van der Waals surface area contributed by atoms with Gasteiger partial charge >= 0.3 is 5.97 Å². The summed E-state index contributed by atoms with van der Waals surface area (Å²) >= 11 is 6.95. The van der Waals surface area contributed by atoms with E-state index in [9.17, 15) is 4.79 Å². The lowest BCUT2D eigenvalue weighted by Crippen LogP contribution is -1.95. The number of aromatic carboxylic acids is 1. The molecule has 0 saturated heterocycles. The summed E-state index contributed by atoms with van der Waals surface area (Å²) in [5, 5.41) is 10.4. The molecule has 82 valence electrons. The van der Waals surface area contributed by atoms with Crippen molar-refractivity contribution in [2.24, 2.45) is 0 Å². The Balaban J connectivity index is 2.55. The summed E-state index contributed by atoms with van der Waals surface area (Å²) in [6, 6.07) is 6.97. The molecule has 0 atom stereocenters. The summed E-state index contributed by atoms with van der Waals surface area (Å²) in [6.45, 7) is 1.79. The number of hydrogen-bond donors (Lipinski definition) is 1. The smallest absolute Gasteiger partial charge is 0.348 e. The second-order valence-electron chi connectivity index (χ2n) is 3.22. The third-order valence-corrected chi connectivity index (χ3v) is 3.26. The zero-order chi connectivity index (χ0) is 11.7. The molecular formula is C11H8ClNO2S. The topological polar surface area (TPSA) is 50.2 Å². The van der Waals surface area contributed by atoms with Gasteiger partial charge in [-0.1, -0.05) is 23.7 Å². The van der Waals surface area contributed by atoms with Gasteiger partial charge in [0.1, 0.15) is 4.88 Å². The molecule has 0 aliphatic carbocycles. The summed E-state index contributed by atoms with van der Waals surface area (Å²) < 4.78 is 0. The van der Waals surface area contributed by atoms with Gasteiger partial charge in [0.25, 0.3) is 0 Å². The largest absolute Gasteiger partial charge is 0.477 e. The van der Waals surface area contributed by atoms with Crippen LogP contribution in [-0.2, 0) is 0 Å². The maximum Gasteiger partial charge on any atom is 0.348 e. The fourth-order valence-electron chi connectivity index (χ4n) is 1.38. The van der Waals surface area contributed by atoms with Crippen LogP contribution in [0.25, 0.3) is 11.3 Å². The molecule has 5 heteroatoms. The molecule has 0 amide bonds. The molecule has 16 heavy (non-hydrogen) atoms. The van der Waals surface area contributed by atoms with Gasteiger partial charge in [0.05, 0.1) is 10.7 Å². The van der Waals surface area contributed by atoms with Gasteiger partial charge < -0.3 is 5.11 Å². The summed E-state index contributed by atoms with van der Waals surface area (Å²) in [5.41, 5.74) is 1.28. The van der Waals surface area contributed by atoms with E-state index in [1.165, 1.54) is 11.3 Å². The molecule has 0 aliphatic rings. The van der Waals surface area contributed by atoms with Crippen molar-refractivity contribution < 1.29 is 9.90 Å². The first-order chi connectivity index (χ1) is 7.58. The van der Waals surface area contributed by atoms with E-state index in [4.69, 9.17) is 16.7 Å². The number of aryl methyl sites for hydroxylation is 1. The first-order valence-electron chi connectivity index (χ1n) is 4.54. The van der Waals surface area contributed by atoms with Crippen LogP contribution >= 0.6 is 22.9 Å². The second-order valence-corrected chi connectivity index (χ2v) is 4.86. The third kappa shape index (κ3) is 2.08. The van der Waals surface area contributed by atoms with Gasteiger partial charge in [0.15, 0.2) is 0 Å². The Hall–Kier alpha value is -1.39. The molecule has 2 rings (SSSR count). The Morgan fingerprint density at radius 3 is 2.56 bits per heavy atom. The number of carboxylic acid groups (broad SMARTS) is 1. The Labute approximate surface area is 101 Å². The molecule has 0 unspecified atom stereocenters. The van der Waals surface area contributed by atoms with Gasteiger partial charge in [-0.3, -0.25) is 0 Å². The Morgan fingerprint density at radius 2 is 2.00 bits per heavy atom. The number of aromatic nitrogens is 1. The highest BCUT2D eigenvalue weighted by molar-refractivity contribution is 7.14. The lowest BCUT2D eigenvalue weighted by atomic mass is 10.1. The van der Waals surface area contributed by atoms with Gasteiger partial charge in [-0.15, -0.1) is 11.3 Å². The molecule has 0 radical (unpaired) electrons. The minimum Gasteiger partial charge on any atom is -0.477 e. The van der Waals surface area contributed by atoms with Crippen LogP contribution in [0.15, 0.2) is 24.3 Å². The maximum atomic E-state index is 11.0. The molecule has 0 spiro atoms. The number of carboxylic acids is 1. The molecule has 0 aliphatic heterocycles. The Kier molecular flexibility index (Phi) is 2.94. The molecule has 1 aromatic carbocycles. The number of benzene rings is 1. The first-order valence-corrected chi connectivity index (χ1v) is 5.74. The number of rotatable bonds is 2. The number of halogens is 1. The van der Waals surface area contributed by atoms with Gasteiger partial charge in [-0.05, 0) is 19.1 Å². The average Bonchev–Trinajstić information content (AvgIpc) is 2.61. The van der Waals surface area contributed by atoms with E-state index in [0.717, 1.165) is 10.6 Å². The van der Waals surface area contributed by atoms with Crippen LogP contribution in [0.4, 0.5) is 0 Å². The van der Waals surface area contributed by atoms with Crippen molar-refractivity contribution in [3.8, 4) is 11.3 Å². The van der Waals surface area contributed by atoms with E-state index < -0.39 is 5.97 Å². The van der Waals surface area contributed by atoms with Gasteiger partial charge in [0, 0.05) is 10.6 Å². The number of thiazole rings is 1. The van der Waals surface area contributed by atoms with E-state index in [0.29, 0.717) is 10.7 Å². The van der Waals surface area contributed by atoms with Crippen molar-refractivity contribution in [2.45, 2.75) is 6.92 Å². The van der Waals surface area contributed by atoms with Crippen molar-refractivity contribution in [2.75, 3.05) is 0 Å². The molecule has 1 aromatic heterocycles. The number of nitrogens with zero attached hydrogens (tertiary/aromatic N) is 1. The summed E-state index contributed by atoms with van der Waals surface area (Å²) in [7, 11) is 0. The van der Waals surface area contributed by atoms with Crippen LogP contribution in [0, 0.1) is 6.92 Å². The van der Waals surface area contributed by atoms with Crippen molar-refractivity contribution in [3.63, 3.8) is 0 Å². The van der Waals surface area contributed by atoms with Crippen LogP contribution in [0.2, 0.25) is 5.02 Å². The van der Waals surface area contributed by atoms with Gasteiger partial charge in [-0.25, -0.2) is 9.78 Å². The fraction of sp³-hybridized carbons (Fsp3) is 0.0909. The molecule has 0 saturated carbocycles. The predicted molar refractivity (Wildman–Crippen MR) is 64.3 cm³/mol. The van der Waals surface area contributed by atoms with Gasteiger partial charge in [0.2, 0.25) is 0 Å². The standard InChI is InChI=1S/C11H8ClNO2S/c1-6-13-9(10(16-6)11(14)15)7-2-4-8(12)5-3-7/h2-5H,1H3,(H,14,15). The van der Waals surface area contributed by atoms with E-state index in [-0.39, 0.29) is 4.88 Å². The summed E-state index contributed by atoms with van der Waals surface area (Å²) in [6.07, 6.45) is 0. The predicted octanol–water partition coefficient (Wildman–Crippen LogP) is 3.47. The summed E-state index contributed by atoms with van der Waals surface area (Å²) in [4.78, 5) is 15.5. The van der Waals surface area contributed by atoms with Crippen LogP contribution in [0.3, 0.4) is 0 Å². The summed E-state index contributed by atoms with van der Waals surface area (Å²) in [5.74, 6) is -0.949. The van der Waals surface area contributed by atoms with Crippen LogP contribution < -0.4 is 0 Å². The molecule has 0 bridgehead atoms. The lowest BCUT2D eigenvalue weighted by molar-refractivity contribution is 0.0702. The minimum absolute atomic E-state index is 0.264. The quantitative estimate of drug-likeness (QED) is 0.892. The van der Waals surface area contributed by atoms with Crippen LogP contribution in [0.1, 0.15) is 14.7 Å². The highest BCUT2D eigenvalue weighted by atomic mass is 35.5. The van der Waals surface area contributed by atoms with E-state index in [1.807, 2.05) is 0 Å². The average molecular weight is 254 g/mol. The van der Waals surface area contributed by atoms with Gasteiger partial charge in [-0.2, -0.15) is 0 Å². The van der Waals surface area contributed by atoms with E-state index in [2.05, 4.69) is 4.98 Å². The third-order valence-electron chi connectivity index (χ3n) is 2.05. The zero-order valence-electron chi connectivity index (χ0n) is 8.40. The molecule has 1 heterocycles. The SMILES string of the molecule is Cc1nc(-c2ccc(Cl)cc2)c(C(=O)O)s1. The van der Waals surface area contributed by atoms with Crippen molar-refractivity contribution in [1.82, 2.24) is 4.98 Å². The van der Waals surface area contributed by atoms with Crippen LogP contribution in [0.5, 0.6) is 0 Å². The number of hydrogen-bond acceptors (Lipinski definition) is 3. The molecule has 1 N–H and O–H groups in total. The monoisotopic (exact) mass is 253 g/mol. The molecule has 2 aromatic rings. The van der Waals surface area contributed by atoms with Crippen molar-refractivity contribution in [3.05, 3.63) is 39.2 Å². The zero-order valence-corrected chi connectivity index (χ0v) is 9.97. The van der Waals surface area contributed by atoms with Crippen molar-refractivity contribution >= 4 is 28.9 Å². The second kappa shape index (κ2) is 4.23. The molecule has 0 fully saturated rings. The first kappa shape index (κ1) is 11.1. The Bertz CT molecular complexity index is 533. The number of carbonyl (C=O) groups is 1. The highest BCUT2D eigenvalue weighted by Gasteiger charge is 2.16. The lowest BCUT2D eigenvalue weighted by Gasteiger charge is -1.98. The maximum absolute atomic E-state index is 11.0. The fourth-order valence-corrected chi connectivity index (χ4v) is 2.28. The molecule has 3 nitrogen and oxygen atoms in total. The molecular weight excluding hydrogens is 246 g/mol. The van der Waals surface area contributed by atoms with Crippen molar-refractivity contribution in [1.29, 1.82) is 0 Å². The normalized spacial score (nSPS) is 10.4. The highest BCUT2D eigenvalue weighted by Crippen LogP contribution is 2.28. The van der Waals surface area contributed by atoms with E-state index >= 15 is 0 Å². The van der Waals surface area contributed by atoms with E-state index in [1.54, 1.807) is 31.2 Å².